The van der Waals surface area contributed by atoms with Crippen LogP contribution in [0.25, 0.3) is 5.69 Å². The standard InChI is InChI=1S/C16H14ClFN4O2/c1-9-2-3-10(17)6-13(9)19-16(24)14-8-22(21-20-14)15-7-11(23)4-5-12(15)18/h2-8,16,19,23-24H,1H3. The highest BCUT2D eigenvalue weighted by Gasteiger charge is 2.15. The number of nitrogens with one attached hydrogen (secondary N) is 1. The number of aryl methyl sites for hydroxylation is 1. The number of rotatable bonds is 4. The van der Waals surface area contributed by atoms with Gasteiger partial charge in [-0.15, -0.1) is 5.10 Å². The van der Waals surface area contributed by atoms with Gasteiger partial charge in [-0.2, -0.15) is 0 Å². The molecule has 3 rings (SSSR count). The zero-order valence-electron chi connectivity index (χ0n) is 12.6. The van der Waals surface area contributed by atoms with Crippen LogP contribution in [0, 0.1) is 12.7 Å². The van der Waals surface area contributed by atoms with Crippen molar-refractivity contribution < 1.29 is 14.6 Å². The molecule has 3 N–H and O–H groups in total. The van der Waals surface area contributed by atoms with Crippen LogP contribution in [0.2, 0.25) is 5.02 Å². The van der Waals surface area contributed by atoms with Crippen LogP contribution in [0.5, 0.6) is 5.75 Å². The molecule has 0 fully saturated rings. The van der Waals surface area contributed by atoms with Crippen LogP contribution >= 0.6 is 11.6 Å². The largest absolute Gasteiger partial charge is 0.508 e. The molecule has 3 aromatic rings. The second-order valence-corrected chi connectivity index (χ2v) is 5.67. The summed E-state index contributed by atoms with van der Waals surface area (Å²) in [6.45, 7) is 1.87. The summed E-state index contributed by atoms with van der Waals surface area (Å²) in [5.41, 5.74) is 1.76. The Kier molecular flexibility index (Phi) is 4.37. The Hall–Kier alpha value is -2.64. The Bertz CT molecular complexity index is 884. The first-order valence-electron chi connectivity index (χ1n) is 7.06. The Labute approximate surface area is 142 Å². The first kappa shape index (κ1) is 16.2. The summed E-state index contributed by atoms with van der Waals surface area (Å²) < 4.78 is 15.0. The van der Waals surface area contributed by atoms with E-state index < -0.39 is 12.0 Å². The van der Waals surface area contributed by atoms with E-state index in [0.29, 0.717) is 10.7 Å². The minimum Gasteiger partial charge on any atom is -0.508 e. The molecule has 8 heteroatoms. The van der Waals surface area contributed by atoms with Crippen molar-refractivity contribution in [3.05, 3.63) is 64.7 Å². The normalized spacial score (nSPS) is 12.2. The van der Waals surface area contributed by atoms with Crippen molar-refractivity contribution in [2.45, 2.75) is 13.2 Å². The molecule has 0 aliphatic carbocycles. The molecule has 2 aromatic carbocycles. The highest BCUT2D eigenvalue weighted by molar-refractivity contribution is 6.30. The number of phenols is 1. The second-order valence-electron chi connectivity index (χ2n) is 5.23. The molecule has 0 amide bonds. The molecule has 24 heavy (non-hydrogen) atoms. The lowest BCUT2D eigenvalue weighted by Crippen LogP contribution is -2.11. The topological polar surface area (TPSA) is 83.2 Å². The predicted molar refractivity (Wildman–Crippen MR) is 87.8 cm³/mol. The molecule has 0 spiro atoms. The van der Waals surface area contributed by atoms with Crippen molar-refractivity contribution in [2.75, 3.05) is 5.32 Å². The predicted octanol–water partition coefficient (Wildman–Crippen LogP) is 3.18. The van der Waals surface area contributed by atoms with E-state index in [2.05, 4.69) is 15.6 Å². The number of aromatic nitrogens is 3. The summed E-state index contributed by atoms with van der Waals surface area (Å²) in [4.78, 5) is 0. The fourth-order valence-electron chi connectivity index (χ4n) is 2.17. The van der Waals surface area contributed by atoms with Crippen molar-refractivity contribution in [3.8, 4) is 11.4 Å². The minimum atomic E-state index is -1.16. The van der Waals surface area contributed by atoms with Crippen LogP contribution in [0.3, 0.4) is 0 Å². The van der Waals surface area contributed by atoms with E-state index in [4.69, 9.17) is 11.6 Å². The number of aliphatic hydroxyl groups excluding tert-OH is 1. The van der Waals surface area contributed by atoms with Crippen LogP contribution < -0.4 is 5.32 Å². The number of phenolic OH excluding ortho intramolecular Hbond substituents is 1. The maximum atomic E-state index is 13.8. The summed E-state index contributed by atoms with van der Waals surface area (Å²) >= 11 is 5.94. The molecule has 0 aliphatic rings. The Morgan fingerprint density at radius 2 is 2.04 bits per heavy atom. The smallest absolute Gasteiger partial charge is 0.171 e. The summed E-state index contributed by atoms with van der Waals surface area (Å²) in [6, 6.07) is 8.81. The third-order valence-corrected chi connectivity index (χ3v) is 3.69. The van der Waals surface area contributed by atoms with Crippen LogP contribution in [0.15, 0.2) is 42.6 Å². The summed E-state index contributed by atoms with van der Waals surface area (Å²) in [6.07, 6.45) is 0.214. The highest BCUT2D eigenvalue weighted by Crippen LogP contribution is 2.24. The van der Waals surface area contributed by atoms with Gasteiger partial charge in [-0.25, -0.2) is 9.07 Å². The lowest BCUT2D eigenvalue weighted by molar-refractivity contribution is 0.203. The van der Waals surface area contributed by atoms with Crippen molar-refractivity contribution in [1.82, 2.24) is 15.0 Å². The van der Waals surface area contributed by atoms with Crippen molar-refractivity contribution in [2.24, 2.45) is 0 Å². The second kappa shape index (κ2) is 6.46. The number of halogens is 2. The van der Waals surface area contributed by atoms with Gasteiger partial charge < -0.3 is 15.5 Å². The maximum absolute atomic E-state index is 13.8. The molecule has 1 atom stereocenters. The van der Waals surface area contributed by atoms with Crippen LogP contribution in [-0.2, 0) is 0 Å². The van der Waals surface area contributed by atoms with E-state index in [9.17, 15) is 14.6 Å². The van der Waals surface area contributed by atoms with E-state index >= 15 is 0 Å². The van der Waals surface area contributed by atoms with E-state index in [0.717, 1.165) is 16.3 Å². The third-order valence-electron chi connectivity index (χ3n) is 3.46. The van der Waals surface area contributed by atoms with Gasteiger partial charge in [-0.1, -0.05) is 22.9 Å². The number of hydrogen-bond donors (Lipinski definition) is 3. The monoisotopic (exact) mass is 348 g/mol. The van der Waals surface area contributed by atoms with E-state index in [1.807, 2.05) is 13.0 Å². The Morgan fingerprint density at radius 1 is 1.25 bits per heavy atom. The van der Waals surface area contributed by atoms with Crippen LogP contribution in [0.4, 0.5) is 10.1 Å². The summed E-state index contributed by atoms with van der Waals surface area (Å²) in [7, 11) is 0. The lowest BCUT2D eigenvalue weighted by Gasteiger charge is -2.14. The third kappa shape index (κ3) is 3.32. The van der Waals surface area contributed by atoms with Gasteiger partial charge in [0.2, 0.25) is 0 Å². The molecule has 6 nitrogen and oxygen atoms in total. The molecule has 0 saturated heterocycles. The fourth-order valence-corrected chi connectivity index (χ4v) is 2.34. The number of anilines is 1. The number of aliphatic hydroxyl groups is 1. The zero-order valence-corrected chi connectivity index (χ0v) is 13.4. The quantitative estimate of drug-likeness (QED) is 0.631. The fraction of sp³-hybridized carbons (Fsp3) is 0.125. The van der Waals surface area contributed by atoms with Crippen molar-refractivity contribution >= 4 is 17.3 Å². The summed E-state index contributed by atoms with van der Waals surface area (Å²) in [5.74, 6) is -0.672. The maximum Gasteiger partial charge on any atom is 0.171 e. The first-order chi connectivity index (χ1) is 11.4. The minimum absolute atomic E-state index is 0.0277. The van der Waals surface area contributed by atoms with Gasteiger partial charge in [0.05, 0.1) is 6.20 Å². The van der Waals surface area contributed by atoms with Gasteiger partial charge in [0, 0.05) is 16.8 Å². The molecule has 1 unspecified atom stereocenters. The first-order valence-corrected chi connectivity index (χ1v) is 7.44. The van der Waals surface area contributed by atoms with Crippen molar-refractivity contribution in [1.29, 1.82) is 0 Å². The molecule has 1 heterocycles. The molecule has 0 saturated carbocycles. The average molecular weight is 349 g/mol. The number of hydrogen-bond acceptors (Lipinski definition) is 5. The number of nitrogens with zero attached hydrogens (tertiary/aromatic N) is 3. The number of aromatic hydroxyl groups is 1. The van der Waals surface area contributed by atoms with Gasteiger partial charge in [-0.05, 0) is 36.8 Å². The summed E-state index contributed by atoms with van der Waals surface area (Å²) in [5, 5.41) is 30.7. The Balaban J connectivity index is 1.85. The van der Waals surface area contributed by atoms with Gasteiger partial charge in [0.15, 0.2) is 6.23 Å². The van der Waals surface area contributed by atoms with Crippen LogP contribution in [0.1, 0.15) is 17.5 Å². The highest BCUT2D eigenvalue weighted by atomic mass is 35.5. The van der Waals surface area contributed by atoms with Crippen LogP contribution in [-0.4, -0.2) is 25.2 Å². The molecular weight excluding hydrogens is 335 g/mol. The molecule has 0 bridgehead atoms. The lowest BCUT2D eigenvalue weighted by atomic mass is 10.2. The van der Waals surface area contributed by atoms with Gasteiger partial charge in [0.25, 0.3) is 0 Å². The zero-order chi connectivity index (χ0) is 17.3. The SMILES string of the molecule is Cc1ccc(Cl)cc1NC(O)c1cn(-c2cc(O)ccc2F)nn1. The Morgan fingerprint density at radius 3 is 2.83 bits per heavy atom. The average Bonchev–Trinajstić information content (AvgIpc) is 3.03. The van der Waals surface area contributed by atoms with Gasteiger partial charge in [0.1, 0.15) is 22.9 Å². The van der Waals surface area contributed by atoms with E-state index in [1.165, 1.54) is 18.3 Å². The molecule has 0 aliphatic heterocycles. The molecular formula is C16H14ClFN4O2. The van der Waals surface area contributed by atoms with Gasteiger partial charge >= 0.3 is 0 Å². The number of benzene rings is 2. The molecule has 0 radical (unpaired) electrons. The van der Waals surface area contributed by atoms with Gasteiger partial charge in [-0.3, -0.25) is 0 Å². The van der Waals surface area contributed by atoms with E-state index in [1.54, 1.807) is 12.1 Å². The molecule has 1 aromatic heterocycles. The van der Waals surface area contributed by atoms with E-state index in [-0.39, 0.29) is 17.1 Å². The van der Waals surface area contributed by atoms with Crippen molar-refractivity contribution in [3.63, 3.8) is 0 Å². The molecule has 124 valence electrons.